The fourth-order valence-corrected chi connectivity index (χ4v) is 23.2. The Hall–Kier alpha value is -14.2. The number of imide groups is 1. The van der Waals surface area contributed by atoms with Crippen LogP contribution in [0.4, 0.5) is 38.0 Å². The number of halogens is 1. The molecule has 55 heteroatoms. The molecule has 2 saturated heterocycles. The summed E-state index contributed by atoms with van der Waals surface area (Å²) in [5.74, 6) is -3.67. The lowest BCUT2D eigenvalue weighted by atomic mass is 10.1. The number of ether oxygens (including phenoxy) is 10. The van der Waals surface area contributed by atoms with Crippen LogP contribution in [0.2, 0.25) is 5.15 Å². The molecule has 0 spiro atoms. The van der Waals surface area contributed by atoms with E-state index in [-0.39, 0.29) is 234 Å². The average molecular weight is 2060 g/mol. The topological polar surface area (TPSA) is 590 Å². The largest absolute Gasteiger partial charge is 0.504 e. The number of rotatable bonds is 26. The zero-order chi connectivity index (χ0) is 96.0. The Morgan fingerprint density at radius 3 is 1.03 bits per heavy atom. The van der Waals surface area contributed by atoms with Gasteiger partial charge >= 0.3 is 29.7 Å². The molecule has 0 aliphatic carbocycles. The second-order valence-electron chi connectivity index (χ2n) is 27.9. The molecule has 0 unspecified atom stereocenters. The predicted molar refractivity (Wildman–Crippen MR) is 487 cm³/mol. The molecular formula is C79H70ClN11O33S10. The van der Waals surface area contributed by atoms with Gasteiger partial charge in [0.05, 0.1) is 28.4 Å². The molecule has 7 aliphatic rings. The monoisotopic (exact) mass is 2060 g/mol. The summed E-state index contributed by atoms with van der Waals surface area (Å²) in [5, 5.41) is 77.5. The van der Waals surface area contributed by atoms with Gasteiger partial charge in [-0.2, -0.15) is 0 Å². The minimum absolute atomic E-state index is 0.00164. The normalized spacial score (nSPS) is 14.6. The number of urea groups is 2. The second kappa shape index (κ2) is 39.7. The molecule has 134 heavy (non-hydrogen) atoms. The highest BCUT2D eigenvalue weighted by atomic mass is 35.5. The Morgan fingerprint density at radius 2 is 0.739 bits per heavy atom. The van der Waals surface area contributed by atoms with Crippen LogP contribution < -0.4 is 76.7 Å². The number of nitrogens with one attached hydrogen (secondary N) is 5. The van der Waals surface area contributed by atoms with Gasteiger partial charge in [-0.05, 0) is 118 Å². The Balaban J connectivity index is 0.000000135. The summed E-state index contributed by atoms with van der Waals surface area (Å²) in [6.07, 6.45) is 11.5. The van der Waals surface area contributed by atoms with Crippen molar-refractivity contribution in [3.8, 4) is 86.2 Å². The highest BCUT2D eigenvalue weighted by Crippen LogP contribution is 2.54. The van der Waals surface area contributed by atoms with Gasteiger partial charge in [-0.3, -0.25) is 42.7 Å². The fraction of sp³-hybridized carbons (Fsp3) is 0.165. The number of hydrogen-bond acceptors (Lipinski definition) is 36. The number of carbonyl (C=O) groups excluding carboxylic acids is 3. The molecule has 0 saturated carbocycles. The minimum Gasteiger partial charge on any atom is -0.504 e. The summed E-state index contributed by atoms with van der Waals surface area (Å²) in [4.78, 5) is 74.5. The van der Waals surface area contributed by atoms with E-state index in [2.05, 4.69) is 23.6 Å². The number of phenols is 5. The number of thiophene rings is 5. The Morgan fingerprint density at radius 1 is 0.418 bits per heavy atom. The van der Waals surface area contributed by atoms with Crippen molar-refractivity contribution in [3.63, 3.8) is 0 Å². The zero-order valence-electron chi connectivity index (χ0n) is 68.7. The van der Waals surface area contributed by atoms with Crippen molar-refractivity contribution in [1.29, 1.82) is 0 Å². The van der Waals surface area contributed by atoms with E-state index in [1.54, 1.807) is 82.4 Å². The van der Waals surface area contributed by atoms with Crippen molar-refractivity contribution in [2.75, 3.05) is 91.3 Å². The number of sulfonamides is 5. The number of imidazole rings is 1. The Bertz CT molecular complexity index is 7220. The maximum Gasteiger partial charge on any atom is 0.333 e. The number of carboxylic acid groups (broad SMARTS) is 2. The highest BCUT2D eigenvalue weighted by molar-refractivity contribution is 7.96. The third-order valence-corrected chi connectivity index (χ3v) is 33.1. The number of likely N-dealkylation sites (N-methyl/N-ethyl adjacent to an activating group) is 2. The predicted octanol–water partition coefficient (Wildman–Crippen LogP) is 11.0. The number of phenolic OH excluding ortho intramolecular Hbond substituents is 5. The molecule has 11 aromatic rings. The molecule has 44 nitrogen and oxygen atoms in total. The summed E-state index contributed by atoms with van der Waals surface area (Å²) >= 11 is 11.3. The Labute approximate surface area is 783 Å². The first kappa shape index (κ1) is 95.8. The third kappa shape index (κ3) is 21.1. The van der Waals surface area contributed by atoms with Gasteiger partial charge in [-0.1, -0.05) is 41.9 Å². The first-order valence-electron chi connectivity index (χ1n) is 38.0. The van der Waals surface area contributed by atoms with E-state index in [1.807, 2.05) is 0 Å². The first-order valence-corrected chi connectivity index (χ1v) is 50.2. The smallest absolute Gasteiger partial charge is 0.333 e. The van der Waals surface area contributed by atoms with Crippen LogP contribution in [0, 0.1) is 0 Å². The summed E-state index contributed by atoms with van der Waals surface area (Å²) < 4.78 is 193. The number of fused-ring (bicyclic) bond motifs is 5. The van der Waals surface area contributed by atoms with Crippen molar-refractivity contribution in [2.45, 2.75) is 33.9 Å². The molecule has 0 atom stereocenters. The third-order valence-electron chi connectivity index (χ3n) is 19.0. The number of carboxylic acids is 2. The van der Waals surface area contributed by atoms with Crippen LogP contribution in [-0.2, 0) is 78.0 Å². The van der Waals surface area contributed by atoms with Crippen LogP contribution in [0.3, 0.4) is 0 Å². The lowest BCUT2D eigenvalue weighted by Crippen LogP contribution is -2.26. The van der Waals surface area contributed by atoms with Gasteiger partial charge in [-0.25, -0.2) is 66.2 Å². The number of aromatic nitrogens is 2. The van der Waals surface area contributed by atoms with Gasteiger partial charge < -0.3 is 97.5 Å². The molecule has 0 bridgehead atoms. The number of benzene rings is 5. The van der Waals surface area contributed by atoms with Crippen molar-refractivity contribution in [3.05, 3.63) is 186 Å². The summed E-state index contributed by atoms with van der Waals surface area (Å²) in [7, 11) is -14.5. The first-order chi connectivity index (χ1) is 63.7. The van der Waals surface area contributed by atoms with Crippen LogP contribution in [-0.4, -0.2) is 204 Å². The lowest BCUT2D eigenvalue weighted by molar-refractivity contribution is -0.137. The van der Waals surface area contributed by atoms with Gasteiger partial charge in [0, 0.05) is 99.3 Å². The van der Waals surface area contributed by atoms with Crippen molar-refractivity contribution >= 4 is 207 Å². The standard InChI is InChI=1S/C17H14ClN3O6S2.C17H15N3O7S2.C17H17N3O6S2.C14H13NO7S2.C14H11NO7S2/c1-20-8-12(18)21(17(20)23)5-4-10-7-11(15-16(14(10)22)27-9-26-15)19-29(24,25)13-3-2-6-28-13;1-19-8-12(21)20(17(19)23)5-4-10-7-11(15-16(14(10)22)27-9-26-15)18-29(24,25)13-3-2-6-28-13;1-19-6-7-20(17(19)22)5-4-11-9-12(15-16(14(11)21)26-10-25-15)18-28(23,24)13-3-2-8-27-13;2*16-10(17)4-3-8-6-9(13-14(12(8)18)22-7-21-13)15-24(19,20)11-2-1-5-23-11/h2-8,19,22H,9H2,1H3;2-7,18,22H,8-9H2,1H3;2-5,8-9,18,21H,6-7,10H2,1H3;1-2,5-6,15,18H,3-4,7H2,(H,16,17);1-6,15,18H,7H2,(H,16,17)/b3*5-4+;;4-3+. The number of aromatic hydroxyl groups is 5. The lowest BCUT2D eigenvalue weighted by Gasteiger charge is -2.13. The van der Waals surface area contributed by atoms with Gasteiger partial charge in [-0.15, -0.1) is 56.7 Å². The number of nitrogens with zero attached hydrogens (tertiary/aromatic N) is 6. The summed E-state index contributed by atoms with van der Waals surface area (Å²) in [6.45, 7) is 0.200. The molecule has 6 aromatic heterocycles. The molecule has 13 heterocycles. The van der Waals surface area contributed by atoms with Gasteiger partial charge in [0.15, 0.2) is 57.5 Å². The van der Waals surface area contributed by atoms with Crippen molar-refractivity contribution < 1.29 is 149 Å². The molecule has 2 fully saturated rings. The molecular weight excluding hydrogens is 1990 g/mol. The van der Waals surface area contributed by atoms with Crippen LogP contribution in [0.5, 0.6) is 86.2 Å². The van der Waals surface area contributed by atoms with Crippen LogP contribution in [0.15, 0.2) is 168 Å². The number of hydrogen-bond donors (Lipinski definition) is 12. The Kier molecular flexibility index (Phi) is 28.4. The van der Waals surface area contributed by atoms with E-state index in [4.69, 9.17) is 69.2 Å². The maximum absolute atomic E-state index is 12.6. The van der Waals surface area contributed by atoms with E-state index in [0.29, 0.717) is 13.1 Å². The molecule has 0 radical (unpaired) electrons. The van der Waals surface area contributed by atoms with E-state index < -0.39 is 74.0 Å². The number of aliphatic carboxylic acids is 2. The summed E-state index contributed by atoms with van der Waals surface area (Å²) in [6, 6.07) is 21.5. The van der Waals surface area contributed by atoms with Gasteiger partial charge in [0.25, 0.3) is 56.0 Å². The van der Waals surface area contributed by atoms with Gasteiger partial charge in [0.1, 0.15) is 32.7 Å². The molecule has 706 valence electrons. The quantitative estimate of drug-likeness (QED) is 0.0136. The molecule has 18 rings (SSSR count). The van der Waals surface area contributed by atoms with Crippen LogP contribution in [0.25, 0.3) is 30.5 Å². The zero-order valence-corrected chi connectivity index (χ0v) is 77.6. The van der Waals surface area contributed by atoms with Crippen molar-refractivity contribution in [2.24, 2.45) is 7.05 Å². The second-order valence-corrected chi connectivity index (χ2v) is 42.6. The highest BCUT2D eigenvalue weighted by Gasteiger charge is 2.37. The minimum atomic E-state index is -3.87. The number of carbonyl (C=O) groups is 5. The number of aryl methyl sites for hydroxylation is 2. The molecule has 7 aliphatic heterocycles. The molecule has 5 aromatic carbocycles. The van der Waals surface area contributed by atoms with Gasteiger partial charge in [0.2, 0.25) is 62.7 Å². The average Bonchev–Trinajstić information content (AvgIpc) is 1.61. The van der Waals surface area contributed by atoms with E-state index in [1.165, 1.54) is 123 Å². The molecule has 12 N–H and O–H groups in total. The molecule has 5 amide bonds. The van der Waals surface area contributed by atoms with E-state index >= 15 is 0 Å². The number of anilines is 5. The van der Waals surface area contributed by atoms with Crippen LogP contribution in [0.1, 0.15) is 34.2 Å². The summed E-state index contributed by atoms with van der Waals surface area (Å²) in [5.41, 5.74) is 0.986. The SMILES string of the molecule is CN1CC(=O)N(/C=C/c2cc(NS(=O)(=O)c3cccs3)c3c(c2O)OCO3)C1=O.CN1CCN(/C=C/c2cc(NS(=O)(=O)c3cccs3)c3c(c2O)OCO3)C1=O.Cn1cc(Cl)n(/C=C/c2cc(NS(=O)(=O)c3cccs3)c3c(c2O)OCO3)c1=O.O=C(O)/C=C/c1cc(NS(=O)(=O)c2cccs2)c2c(c1O)OCO2.O=C(O)CCc1cc(NS(=O)(=O)c2cccs2)c2c(c1O)OCO2. The number of amides is 5. The maximum atomic E-state index is 12.6. The van der Waals surface area contributed by atoms with E-state index in [9.17, 15) is 96.4 Å². The van der Waals surface area contributed by atoms with E-state index in [0.717, 1.165) is 73.7 Å². The van der Waals surface area contributed by atoms with Crippen molar-refractivity contribution in [1.82, 2.24) is 28.7 Å². The fourth-order valence-electron chi connectivity index (χ4n) is 12.7. The van der Waals surface area contributed by atoms with Crippen LogP contribution >= 0.6 is 68.3 Å².